The van der Waals surface area contributed by atoms with Gasteiger partial charge in [0.1, 0.15) is 12.2 Å². The first kappa shape index (κ1) is 26.1. The minimum absolute atomic E-state index is 0.132. The van der Waals surface area contributed by atoms with Gasteiger partial charge in [-0.2, -0.15) is 4.57 Å². The second-order valence-corrected chi connectivity index (χ2v) is 8.02. The van der Waals surface area contributed by atoms with Crippen molar-refractivity contribution in [2.45, 2.75) is 44.4 Å². The number of aromatic carboxylic acids is 1. The summed E-state index contributed by atoms with van der Waals surface area (Å²) in [6.07, 6.45) is -2.82. The SMILES string of the molecule is CC(C)[C@H]([NH3+])C(=O)O.O=C([O-])c1ccc[n+]([C@@H]2O[C@H](COP(=O)([O-])O)[C@@H](O)[C@H]2O)c1. The van der Waals surface area contributed by atoms with Gasteiger partial charge < -0.3 is 50.0 Å². The van der Waals surface area contributed by atoms with E-state index in [0.717, 1.165) is 6.20 Å². The van der Waals surface area contributed by atoms with E-state index >= 15 is 0 Å². The molecule has 7 N–H and O–H groups in total. The largest absolute Gasteiger partial charge is 0.756 e. The minimum Gasteiger partial charge on any atom is -0.756 e. The molecule has 1 saturated heterocycles. The minimum atomic E-state index is -4.99. The number of pyridine rings is 1. The van der Waals surface area contributed by atoms with E-state index in [-0.39, 0.29) is 11.5 Å². The first-order chi connectivity index (χ1) is 13.7. The number of phosphoric acid groups is 1. The number of ether oxygens (including phenoxy) is 1. The van der Waals surface area contributed by atoms with Crippen molar-refractivity contribution in [3.8, 4) is 0 Å². The number of aliphatic hydroxyl groups is 2. The lowest BCUT2D eigenvalue weighted by molar-refractivity contribution is -0.765. The Labute approximate surface area is 171 Å². The van der Waals surface area contributed by atoms with Gasteiger partial charge in [-0.15, -0.1) is 0 Å². The molecule has 6 atom stereocenters. The number of carbonyl (C=O) groups is 2. The maximum atomic E-state index is 10.8. The van der Waals surface area contributed by atoms with Crippen molar-refractivity contribution >= 4 is 19.8 Å². The molecular formula is C16H25N2O11P. The maximum Gasteiger partial charge on any atom is 0.362 e. The Kier molecular flexibility index (Phi) is 9.46. The molecule has 0 radical (unpaired) electrons. The summed E-state index contributed by atoms with van der Waals surface area (Å²) in [4.78, 5) is 39.9. The summed E-state index contributed by atoms with van der Waals surface area (Å²) in [7, 11) is -4.99. The highest BCUT2D eigenvalue weighted by molar-refractivity contribution is 7.44. The summed E-state index contributed by atoms with van der Waals surface area (Å²) >= 11 is 0. The smallest absolute Gasteiger partial charge is 0.362 e. The molecule has 0 amide bonds. The summed E-state index contributed by atoms with van der Waals surface area (Å²) in [5.41, 5.74) is 3.26. The number of aliphatic hydroxyl groups excluding tert-OH is 2. The summed E-state index contributed by atoms with van der Waals surface area (Å²) in [6.45, 7) is 2.98. The highest BCUT2D eigenvalue weighted by atomic mass is 31.2. The number of phosphoric ester groups is 1. The molecule has 0 bridgehead atoms. The molecule has 1 aromatic heterocycles. The van der Waals surface area contributed by atoms with Crippen molar-refractivity contribution in [3.05, 3.63) is 30.1 Å². The summed E-state index contributed by atoms with van der Waals surface area (Å²) in [5.74, 6) is -2.12. The van der Waals surface area contributed by atoms with Crippen LogP contribution in [0.5, 0.6) is 0 Å². The van der Waals surface area contributed by atoms with Crippen molar-refractivity contribution < 1.29 is 63.9 Å². The third-order valence-electron chi connectivity index (χ3n) is 4.21. The Balaban J connectivity index is 0.000000479. The van der Waals surface area contributed by atoms with Crippen LogP contribution in [-0.2, 0) is 18.6 Å². The molecular weight excluding hydrogens is 427 g/mol. The average Bonchev–Trinajstić information content (AvgIpc) is 2.94. The third-order valence-corrected chi connectivity index (χ3v) is 4.69. The van der Waals surface area contributed by atoms with Gasteiger partial charge in [0, 0.05) is 12.0 Å². The second-order valence-electron chi connectivity index (χ2n) is 6.83. The monoisotopic (exact) mass is 452 g/mol. The van der Waals surface area contributed by atoms with Crippen LogP contribution in [0.3, 0.4) is 0 Å². The number of carboxylic acid groups (broad SMARTS) is 2. The lowest BCUT2D eigenvalue weighted by Gasteiger charge is -2.19. The molecule has 0 aliphatic carbocycles. The van der Waals surface area contributed by atoms with Gasteiger partial charge in [0.2, 0.25) is 0 Å². The zero-order valence-electron chi connectivity index (χ0n) is 16.2. The Morgan fingerprint density at radius 2 is 1.97 bits per heavy atom. The first-order valence-electron chi connectivity index (χ1n) is 8.72. The molecule has 13 nitrogen and oxygen atoms in total. The molecule has 170 valence electrons. The highest BCUT2D eigenvalue weighted by Gasteiger charge is 2.48. The normalized spacial score (nSPS) is 26.4. The number of quaternary nitrogens is 1. The molecule has 1 aliphatic rings. The van der Waals surface area contributed by atoms with Gasteiger partial charge >= 0.3 is 5.97 Å². The van der Waals surface area contributed by atoms with E-state index in [1.165, 1.54) is 22.9 Å². The summed E-state index contributed by atoms with van der Waals surface area (Å²) in [5, 5.41) is 38.8. The molecule has 0 saturated carbocycles. The number of aromatic nitrogens is 1. The van der Waals surface area contributed by atoms with Crippen LogP contribution in [0.2, 0.25) is 0 Å². The molecule has 1 aromatic rings. The number of carbonyl (C=O) groups excluding carboxylic acids is 1. The predicted molar refractivity (Wildman–Crippen MR) is 91.8 cm³/mol. The first-order valence-corrected chi connectivity index (χ1v) is 10.2. The fraction of sp³-hybridized carbons (Fsp3) is 0.562. The molecule has 14 heteroatoms. The van der Waals surface area contributed by atoms with Crippen molar-refractivity contribution in [2.75, 3.05) is 6.61 Å². The van der Waals surface area contributed by atoms with Gasteiger partial charge in [-0.25, -0.2) is 4.79 Å². The Morgan fingerprint density at radius 1 is 1.37 bits per heavy atom. The van der Waals surface area contributed by atoms with Crippen molar-refractivity contribution in [3.63, 3.8) is 0 Å². The lowest BCUT2D eigenvalue weighted by atomic mass is 10.1. The van der Waals surface area contributed by atoms with Crippen LogP contribution in [-0.4, -0.2) is 63.1 Å². The average molecular weight is 452 g/mol. The number of aliphatic carboxylic acids is 1. The van der Waals surface area contributed by atoms with Gasteiger partial charge in [-0.3, -0.25) is 4.57 Å². The fourth-order valence-electron chi connectivity index (χ4n) is 2.34. The number of carboxylic acids is 2. The highest BCUT2D eigenvalue weighted by Crippen LogP contribution is 2.33. The number of hydrogen-bond acceptors (Lipinski definition) is 9. The van der Waals surface area contributed by atoms with Crippen LogP contribution in [0.1, 0.15) is 30.4 Å². The van der Waals surface area contributed by atoms with Crippen molar-refractivity contribution in [2.24, 2.45) is 5.92 Å². The number of rotatable bonds is 7. The van der Waals surface area contributed by atoms with Crippen LogP contribution in [0, 0.1) is 5.92 Å². The van der Waals surface area contributed by atoms with Gasteiger partial charge in [0.05, 0.1) is 18.1 Å². The Morgan fingerprint density at radius 3 is 2.40 bits per heavy atom. The van der Waals surface area contributed by atoms with E-state index in [9.17, 15) is 34.4 Å². The van der Waals surface area contributed by atoms with Crippen LogP contribution in [0.25, 0.3) is 0 Å². The van der Waals surface area contributed by atoms with E-state index in [0.29, 0.717) is 0 Å². The van der Waals surface area contributed by atoms with E-state index in [1.54, 1.807) is 0 Å². The van der Waals surface area contributed by atoms with Gasteiger partial charge in [0.25, 0.3) is 14.1 Å². The Bertz CT molecular complexity index is 784. The van der Waals surface area contributed by atoms with Crippen molar-refractivity contribution in [1.29, 1.82) is 0 Å². The topological polar surface area (TPSA) is 228 Å². The van der Waals surface area contributed by atoms with E-state index in [1.807, 2.05) is 13.8 Å². The molecule has 2 rings (SSSR count). The molecule has 2 heterocycles. The standard InChI is InChI=1S/C11H14NO9P.C5H11NO2/c13-8-7(5-20-22(17,18)19)21-10(9(8)14)12-3-1-2-6(4-12)11(15)16;1-3(2)4(6)5(7)8/h1-4,7-10,13-14H,5H2,(H2-,15,16,17,18,19);3-4H,6H2,1-2H3,(H,7,8)/t7-,8-,9-,10-;4-/m10/s1. The van der Waals surface area contributed by atoms with Crippen LogP contribution < -0.4 is 20.3 Å². The van der Waals surface area contributed by atoms with Gasteiger partial charge in [-0.1, -0.05) is 13.8 Å². The molecule has 1 aliphatic heterocycles. The molecule has 0 spiro atoms. The summed E-state index contributed by atoms with van der Waals surface area (Å²) in [6, 6.07) is 2.18. The van der Waals surface area contributed by atoms with Crippen LogP contribution in [0.15, 0.2) is 24.5 Å². The maximum absolute atomic E-state index is 10.8. The van der Waals surface area contributed by atoms with E-state index in [2.05, 4.69) is 10.3 Å². The third kappa shape index (κ3) is 7.70. The molecule has 1 fully saturated rings. The number of hydrogen-bond donors (Lipinski definition) is 5. The van der Waals surface area contributed by atoms with Gasteiger partial charge in [-0.05, 0) is 6.07 Å². The quantitative estimate of drug-likeness (QED) is 0.197. The van der Waals surface area contributed by atoms with E-state index < -0.39 is 56.9 Å². The van der Waals surface area contributed by atoms with Crippen molar-refractivity contribution in [1.82, 2.24) is 0 Å². The Hall–Kier alpha value is -1.96. The molecule has 1 unspecified atom stereocenters. The zero-order valence-corrected chi connectivity index (χ0v) is 17.1. The van der Waals surface area contributed by atoms with Crippen LogP contribution >= 0.6 is 7.82 Å². The second kappa shape index (κ2) is 10.9. The fourth-order valence-corrected chi connectivity index (χ4v) is 2.67. The lowest BCUT2D eigenvalue weighted by Crippen LogP contribution is -2.67. The zero-order chi connectivity index (χ0) is 23.2. The van der Waals surface area contributed by atoms with E-state index in [4.69, 9.17) is 14.7 Å². The van der Waals surface area contributed by atoms with Gasteiger partial charge in [0.15, 0.2) is 24.5 Å². The predicted octanol–water partition coefficient (Wildman–Crippen LogP) is -4.23. The van der Waals surface area contributed by atoms with Crippen LogP contribution in [0.4, 0.5) is 0 Å². The molecule has 0 aromatic carbocycles. The molecule has 30 heavy (non-hydrogen) atoms. The summed E-state index contributed by atoms with van der Waals surface area (Å²) < 4.78 is 21.1. The number of nitrogens with zero attached hydrogens (tertiary/aromatic N) is 1.